The summed E-state index contributed by atoms with van der Waals surface area (Å²) in [6.45, 7) is 1.49. The number of carbonyl (C=O) groups excluding carboxylic acids is 1. The Morgan fingerprint density at radius 1 is 1.25 bits per heavy atom. The zero-order valence-electron chi connectivity index (χ0n) is 10.8. The molecular weight excluding hydrogens is 281 g/mol. The number of benzene rings is 2. The average Bonchev–Trinajstić information content (AvgIpc) is 2.43. The number of nitrogens with one attached hydrogen (secondary N) is 1. The monoisotopic (exact) mass is 293 g/mol. The van der Waals surface area contributed by atoms with Crippen LogP contribution in [0.4, 0.5) is 10.1 Å². The second-order valence-electron chi connectivity index (χ2n) is 4.25. The van der Waals surface area contributed by atoms with Crippen LogP contribution in [0.1, 0.15) is 5.56 Å². The van der Waals surface area contributed by atoms with Crippen LogP contribution in [0.2, 0.25) is 5.02 Å². The SMILES string of the molecule is Cc1cc(OCC(=O)Nc2ccc(Cl)cc2)ccc1F. The first-order chi connectivity index (χ1) is 9.54. The van der Waals surface area contributed by atoms with Crippen molar-refractivity contribution in [1.82, 2.24) is 0 Å². The van der Waals surface area contributed by atoms with E-state index in [2.05, 4.69) is 5.32 Å². The van der Waals surface area contributed by atoms with Crippen LogP contribution in [0.15, 0.2) is 42.5 Å². The van der Waals surface area contributed by atoms with Crippen LogP contribution >= 0.6 is 11.6 Å². The Balaban J connectivity index is 1.88. The molecule has 0 heterocycles. The molecule has 0 spiro atoms. The van der Waals surface area contributed by atoms with Crippen molar-refractivity contribution < 1.29 is 13.9 Å². The third kappa shape index (κ3) is 3.96. The van der Waals surface area contributed by atoms with Gasteiger partial charge in [-0.2, -0.15) is 0 Å². The zero-order chi connectivity index (χ0) is 14.5. The molecule has 0 unspecified atom stereocenters. The van der Waals surface area contributed by atoms with Crippen molar-refractivity contribution in [1.29, 1.82) is 0 Å². The largest absolute Gasteiger partial charge is 0.484 e. The van der Waals surface area contributed by atoms with E-state index in [9.17, 15) is 9.18 Å². The number of hydrogen-bond donors (Lipinski definition) is 1. The highest BCUT2D eigenvalue weighted by Gasteiger charge is 2.05. The molecule has 0 bridgehead atoms. The van der Waals surface area contributed by atoms with Gasteiger partial charge in [-0.25, -0.2) is 4.39 Å². The van der Waals surface area contributed by atoms with Gasteiger partial charge >= 0.3 is 0 Å². The van der Waals surface area contributed by atoms with E-state index in [0.29, 0.717) is 22.0 Å². The summed E-state index contributed by atoms with van der Waals surface area (Å²) < 4.78 is 18.4. The average molecular weight is 294 g/mol. The lowest BCUT2D eigenvalue weighted by Crippen LogP contribution is -2.20. The molecule has 2 aromatic rings. The Morgan fingerprint density at radius 2 is 1.95 bits per heavy atom. The highest BCUT2D eigenvalue weighted by atomic mass is 35.5. The maximum Gasteiger partial charge on any atom is 0.262 e. The van der Waals surface area contributed by atoms with E-state index in [1.54, 1.807) is 37.3 Å². The second-order valence-corrected chi connectivity index (χ2v) is 4.69. The fourth-order valence-corrected chi connectivity index (χ4v) is 1.71. The molecule has 0 saturated heterocycles. The molecule has 2 aromatic carbocycles. The maximum absolute atomic E-state index is 13.1. The predicted molar refractivity (Wildman–Crippen MR) is 76.7 cm³/mol. The topological polar surface area (TPSA) is 38.3 Å². The highest BCUT2D eigenvalue weighted by molar-refractivity contribution is 6.30. The summed E-state index contributed by atoms with van der Waals surface area (Å²) in [4.78, 5) is 11.7. The maximum atomic E-state index is 13.1. The first-order valence-electron chi connectivity index (χ1n) is 5.99. The first kappa shape index (κ1) is 14.3. The fourth-order valence-electron chi connectivity index (χ4n) is 1.59. The Morgan fingerprint density at radius 3 is 2.60 bits per heavy atom. The van der Waals surface area contributed by atoms with Gasteiger partial charge in [0.15, 0.2) is 6.61 Å². The molecule has 0 aliphatic rings. The number of aryl methyl sites for hydroxylation is 1. The quantitative estimate of drug-likeness (QED) is 0.931. The normalized spacial score (nSPS) is 10.2. The lowest BCUT2D eigenvalue weighted by molar-refractivity contribution is -0.118. The van der Waals surface area contributed by atoms with E-state index in [1.165, 1.54) is 12.1 Å². The van der Waals surface area contributed by atoms with Crippen LogP contribution in [0.3, 0.4) is 0 Å². The van der Waals surface area contributed by atoms with Gasteiger partial charge in [-0.15, -0.1) is 0 Å². The van der Waals surface area contributed by atoms with E-state index >= 15 is 0 Å². The number of amides is 1. The molecule has 0 aromatic heterocycles. The van der Waals surface area contributed by atoms with Gasteiger partial charge in [-0.1, -0.05) is 11.6 Å². The van der Waals surface area contributed by atoms with E-state index in [1.807, 2.05) is 0 Å². The number of anilines is 1. The molecule has 104 valence electrons. The Bertz CT molecular complexity index is 614. The fraction of sp³-hybridized carbons (Fsp3) is 0.133. The van der Waals surface area contributed by atoms with Gasteiger partial charge in [0.1, 0.15) is 11.6 Å². The van der Waals surface area contributed by atoms with Gasteiger partial charge in [-0.3, -0.25) is 4.79 Å². The minimum Gasteiger partial charge on any atom is -0.484 e. The van der Waals surface area contributed by atoms with E-state index in [-0.39, 0.29) is 18.3 Å². The van der Waals surface area contributed by atoms with Crippen molar-refractivity contribution >= 4 is 23.2 Å². The van der Waals surface area contributed by atoms with Gasteiger partial charge in [0.05, 0.1) is 0 Å². The van der Waals surface area contributed by atoms with Gasteiger partial charge in [0, 0.05) is 10.7 Å². The number of carbonyl (C=O) groups is 1. The minimum atomic E-state index is -0.303. The summed E-state index contributed by atoms with van der Waals surface area (Å²) in [5.74, 6) is -0.146. The van der Waals surface area contributed by atoms with E-state index in [0.717, 1.165) is 0 Å². The summed E-state index contributed by atoms with van der Waals surface area (Å²) >= 11 is 5.75. The molecular formula is C15H13ClFNO2. The Hall–Kier alpha value is -2.07. The lowest BCUT2D eigenvalue weighted by atomic mass is 10.2. The molecule has 5 heteroatoms. The number of rotatable bonds is 4. The Labute approximate surface area is 121 Å². The zero-order valence-corrected chi connectivity index (χ0v) is 11.6. The van der Waals surface area contributed by atoms with Crippen molar-refractivity contribution in [2.24, 2.45) is 0 Å². The van der Waals surface area contributed by atoms with Crippen molar-refractivity contribution in [3.63, 3.8) is 0 Å². The van der Waals surface area contributed by atoms with Crippen molar-refractivity contribution in [3.05, 3.63) is 58.9 Å². The standard InChI is InChI=1S/C15H13ClFNO2/c1-10-8-13(6-7-14(10)17)20-9-15(19)18-12-4-2-11(16)3-5-12/h2-8H,9H2,1H3,(H,18,19). The van der Waals surface area contributed by atoms with E-state index < -0.39 is 0 Å². The van der Waals surface area contributed by atoms with Crippen LogP contribution < -0.4 is 10.1 Å². The van der Waals surface area contributed by atoms with Gasteiger partial charge in [-0.05, 0) is 55.0 Å². The summed E-state index contributed by atoms with van der Waals surface area (Å²) in [5, 5.41) is 3.27. The molecule has 0 fully saturated rings. The third-order valence-electron chi connectivity index (χ3n) is 2.63. The molecule has 1 N–H and O–H groups in total. The smallest absolute Gasteiger partial charge is 0.262 e. The minimum absolute atomic E-state index is 0.145. The molecule has 0 radical (unpaired) electrons. The third-order valence-corrected chi connectivity index (χ3v) is 2.88. The summed E-state index contributed by atoms with van der Waals surface area (Å²) in [5.41, 5.74) is 1.11. The molecule has 0 atom stereocenters. The number of halogens is 2. The molecule has 20 heavy (non-hydrogen) atoms. The molecule has 3 nitrogen and oxygen atoms in total. The number of hydrogen-bond acceptors (Lipinski definition) is 2. The molecule has 0 aliphatic heterocycles. The van der Waals surface area contributed by atoms with Crippen LogP contribution in [-0.4, -0.2) is 12.5 Å². The summed E-state index contributed by atoms with van der Waals surface area (Å²) in [6, 6.07) is 11.1. The van der Waals surface area contributed by atoms with Gasteiger partial charge in [0.25, 0.3) is 5.91 Å². The van der Waals surface area contributed by atoms with Crippen LogP contribution in [0.25, 0.3) is 0 Å². The summed E-state index contributed by atoms with van der Waals surface area (Å²) in [6.07, 6.45) is 0. The van der Waals surface area contributed by atoms with Gasteiger partial charge < -0.3 is 10.1 Å². The van der Waals surface area contributed by atoms with Crippen LogP contribution in [-0.2, 0) is 4.79 Å². The molecule has 1 amide bonds. The van der Waals surface area contributed by atoms with Crippen LogP contribution in [0.5, 0.6) is 5.75 Å². The molecule has 2 rings (SSSR count). The highest BCUT2D eigenvalue weighted by Crippen LogP contribution is 2.16. The van der Waals surface area contributed by atoms with Crippen molar-refractivity contribution in [3.8, 4) is 5.75 Å². The first-order valence-corrected chi connectivity index (χ1v) is 6.37. The van der Waals surface area contributed by atoms with Crippen molar-refractivity contribution in [2.45, 2.75) is 6.92 Å². The van der Waals surface area contributed by atoms with Gasteiger partial charge in [0.2, 0.25) is 0 Å². The molecule has 0 saturated carbocycles. The van der Waals surface area contributed by atoms with Crippen molar-refractivity contribution in [2.75, 3.05) is 11.9 Å². The predicted octanol–water partition coefficient (Wildman–Crippen LogP) is 3.81. The second kappa shape index (κ2) is 6.39. The Kier molecular flexibility index (Phi) is 4.58. The molecule has 0 aliphatic carbocycles. The summed E-state index contributed by atoms with van der Waals surface area (Å²) in [7, 11) is 0. The van der Waals surface area contributed by atoms with Crippen LogP contribution in [0, 0.1) is 12.7 Å². The van der Waals surface area contributed by atoms with E-state index in [4.69, 9.17) is 16.3 Å². The number of ether oxygens (including phenoxy) is 1. The lowest BCUT2D eigenvalue weighted by Gasteiger charge is -2.08.